The van der Waals surface area contributed by atoms with Crippen LogP contribution in [0.25, 0.3) is 16.9 Å². The lowest BCUT2D eigenvalue weighted by atomic mass is 10.0. The fourth-order valence-electron chi connectivity index (χ4n) is 4.12. The van der Waals surface area contributed by atoms with Crippen LogP contribution in [0.1, 0.15) is 41.8 Å². The summed E-state index contributed by atoms with van der Waals surface area (Å²) in [4.78, 5) is 17.6. The first-order chi connectivity index (χ1) is 16.8. The van der Waals surface area contributed by atoms with E-state index in [1.54, 1.807) is 12.1 Å². The van der Waals surface area contributed by atoms with Crippen molar-refractivity contribution in [2.24, 2.45) is 0 Å². The minimum atomic E-state index is -0.210. The van der Waals surface area contributed by atoms with Crippen LogP contribution in [-0.4, -0.2) is 39.1 Å². The number of hydrogen-bond acceptors (Lipinski definition) is 4. The second-order valence-corrected chi connectivity index (χ2v) is 9.53. The maximum atomic E-state index is 12.9. The van der Waals surface area contributed by atoms with Crippen LogP contribution in [0, 0.1) is 6.92 Å². The molecule has 1 unspecified atom stereocenters. The predicted molar refractivity (Wildman–Crippen MR) is 142 cm³/mol. The van der Waals surface area contributed by atoms with Crippen LogP contribution in [0.5, 0.6) is 0 Å². The van der Waals surface area contributed by atoms with Crippen molar-refractivity contribution in [1.82, 2.24) is 14.7 Å². The molecule has 0 spiro atoms. The van der Waals surface area contributed by atoms with E-state index in [1.807, 2.05) is 67.0 Å². The number of amides is 1. The van der Waals surface area contributed by atoms with E-state index in [-0.39, 0.29) is 24.6 Å². The number of nitrogens with one attached hydrogen (secondary N) is 2. The van der Waals surface area contributed by atoms with Gasteiger partial charge in [0.25, 0.3) is 5.91 Å². The largest absolute Gasteiger partial charge is 0.396 e. The monoisotopic (exact) mass is 490 g/mol. The molecule has 1 amide bonds. The fourth-order valence-corrected chi connectivity index (χ4v) is 4.36. The van der Waals surface area contributed by atoms with Crippen LogP contribution in [0.2, 0.25) is 5.02 Å². The summed E-state index contributed by atoms with van der Waals surface area (Å²) < 4.78 is 2.03. The Kier molecular flexibility index (Phi) is 7.73. The van der Waals surface area contributed by atoms with Crippen molar-refractivity contribution in [3.8, 4) is 11.3 Å². The molecule has 182 valence electrons. The van der Waals surface area contributed by atoms with E-state index in [1.165, 1.54) is 0 Å². The molecule has 35 heavy (non-hydrogen) atoms. The van der Waals surface area contributed by atoms with Gasteiger partial charge in [0.2, 0.25) is 0 Å². The molecule has 7 heteroatoms. The molecule has 0 aliphatic carbocycles. The summed E-state index contributed by atoms with van der Waals surface area (Å²) >= 11 is 6.36. The van der Waals surface area contributed by atoms with Crippen LogP contribution in [0.15, 0.2) is 67.0 Å². The van der Waals surface area contributed by atoms with Crippen molar-refractivity contribution in [2.45, 2.75) is 45.7 Å². The molecule has 0 aliphatic rings. The number of fused-ring (bicyclic) bond motifs is 1. The molecule has 0 radical (unpaired) electrons. The summed E-state index contributed by atoms with van der Waals surface area (Å²) in [6.45, 7) is 6.10. The number of carbonyl (C=O) groups excluding carboxylic acids is 1. The first-order valence-corrected chi connectivity index (χ1v) is 12.2. The third-order valence-corrected chi connectivity index (χ3v) is 6.21. The zero-order chi connectivity index (χ0) is 24.9. The smallest absolute Gasteiger partial charge is 0.251 e. The molecule has 0 aliphatic heterocycles. The van der Waals surface area contributed by atoms with Gasteiger partial charge in [-0.15, -0.1) is 0 Å². The van der Waals surface area contributed by atoms with Gasteiger partial charge in [-0.1, -0.05) is 41.9 Å². The molecule has 1 atom stereocenters. The molecule has 0 saturated heterocycles. The summed E-state index contributed by atoms with van der Waals surface area (Å²) in [7, 11) is 0. The normalized spacial score (nSPS) is 12.2. The predicted octanol–water partition coefficient (Wildman–Crippen LogP) is 5.51. The minimum absolute atomic E-state index is 0.0123. The molecule has 4 aromatic rings. The number of rotatable bonds is 9. The first-order valence-electron chi connectivity index (χ1n) is 11.9. The second kappa shape index (κ2) is 10.9. The van der Waals surface area contributed by atoms with Crippen LogP contribution in [0.3, 0.4) is 0 Å². The van der Waals surface area contributed by atoms with Gasteiger partial charge < -0.3 is 20.1 Å². The number of pyridine rings is 1. The Morgan fingerprint density at radius 3 is 2.57 bits per heavy atom. The highest BCUT2D eigenvalue weighted by Crippen LogP contribution is 2.24. The van der Waals surface area contributed by atoms with Crippen LogP contribution in [-0.2, 0) is 6.42 Å². The third kappa shape index (κ3) is 6.02. The average molecular weight is 491 g/mol. The fraction of sp³-hybridized carbons (Fsp3) is 0.286. The third-order valence-electron chi connectivity index (χ3n) is 5.90. The molecule has 0 bridgehead atoms. The zero-order valence-electron chi connectivity index (χ0n) is 20.3. The van der Waals surface area contributed by atoms with Crippen LogP contribution in [0.4, 0.5) is 5.69 Å². The molecular weight excluding hydrogens is 460 g/mol. The van der Waals surface area contributed by atoms with E-state index in [0.717, 1.165) is 33.7 Å². The van der Waals surface area contributed by atoms with Gasteiger partial charge in [-0.2, -0.15) is 0 Å². The maximum absolute atomic E-state index is 12.9. The quantitative estimate of drug-likeness (QED) is 0.289. The standard InChI is InChI=1S/C28H31ClN4O2/c1-18(2)30-25-11-10-22(16-24(25)29)28(35)31-23(12-14-34)15-20-6-8-21(9-7-20)26-17-33-13-4-5-19(3)27(33)32-26/h4-11,13,16-18,23,30,34H,12,14-15H2,1-3H3,(H,31,35). The Hall–Kier alpha value is -3.35. The number of anilines is 1. The SMILES string of the molecule is Cc1cccn2cc(-c3ccc(CC(CCO)NC(=O)c4ccc(NC(C)C)c(Cl)c4)cc3)nc12. The summed E-state index contributed by atoms with van der Waals surface area (Å²) in [6.07, 6.45) is 5.09. The van der Waals surface area contributed by atoms with E-state index in [0.29, 0.717) is 23.4 Å². The molecule has 2 heterocycles. The van der Waals surface area contributed by atoms with Gasteiger partial charge in [0.15, 0.2) is 0 Å². The molecule has 2 aromatic heterocycles. The van der Waals surface area contributed by atoms with Gasteiger partial charge >= 0.3 is 0 Å². The number of benzene rings is 2. The topological polar surface area (TPSA) is 78.7 Å². The van der Waals surface area contributed by atoms with Gasteiger partial charge in [-0.25, -0.2) is 4.98 Å². The number of aromatic nitrogens is 2. The van der Waals surface area contributed by atoms with Gasteiger partial charge in [0.1, 0.15) is 5.65 Å². The van der Waals surface area contributed by atoms with Crippen LogP contribution >= 0.6 is 11.6 Å². The molecular formula is C28H31ClN4O2. The van der Waals surface area contributed by atoms with Crippen molar-refractivity contribution in [1.29, 1.82) is 0 Å². The molecule has 6 nitrogen and oxygen atoms in total. The summed E-state index contributed by atoms with van der Waals surface area (Å²) in [5.74, 6) is -0.210. The van der Waals surface area contributed by atoms with E-state index in [9.17, 15) is 9.90 Å². The number of aliphatic hydroxyl groups is 1. The Morgan fingerprint density at radius 1 is 1.14 bits per heavy atom. The van der Waals surface area contributed by atoms with E-state index in [2.05, 4.69) is 23.6 Å². The molecule has 4 rings (SSSR count). The number of hydrogen-bond donors (Lipinski definition) is 3. The maximum Gasteiger partial charge on any atom is 0.251 e. The number of nitrogens with zero attached hydrogens (tertiary/aromatic N) is 2. The highest BCUT2D eigenvalue weighted by molar-refractivity contribution is 6.33. The van der Waals surface area contributed by atoms with Crippen molar-refractivity contribution in [3.63, 3.8) is 0 Å². The highest BCUT2D eigenvalue weighted by atomic mass is 35.5. The van der Waals surface area contributed by atoms with E-state index in [4.69, 9.17) is 16.6 Å². The van der Waals surface area contributed by atoms with Crippen molar-refractivity contribution in [3.05, 3.63) is 88.7 Å². The first kappa shape index (κ1) is 24.8. The molecule has 2 aromatic carbocycles. The van der Waals surface area contributed by atoms with Crippen molar-refractivity contribution < 1.29 is 9.90 Å². The van der Waals surface area contributed by atoms with Gasteiger partial charge in [-0.05, 0) is 69.0 Å². The summed E-state index contributed by atoms with van der Waals surface area (Å²) in [5, 5.41) is 16.4. The summed E-state index contributed by atoms with van der Waals surface area (Å²) in [6, 6.07) is 17.5. The Balaban J connectivity index is 1.44. The lowest BCUT2D eigenvalue weighted by Gasteiger charge is -2.19. The number of aryl methyl sites for hydroxylation is 1. The molecule has 0 fully saturated rings. The zero-order valence-corrected chi connectivity index (χ0v) is 21.0. The molecule has 3 N–H and O–H groups in total. The van der Waals surface area contributed by atoms with E-state index < -0.39 is 0 Å². The number of halogens is 1. The average Bonchev–Trinajstić information content (AvgIpc) is 3.26. The number of carbonyl (C=O) groups is 1. The number of aliphatic hydroxyl groups excluding tert-OH is 1. The Labute approximate surface area is 211 Å². The van der Waals surface area contributed by atoms with Gasteiger partial charge in [0.05, 0.1) is 16.4 Å². The lowest BCUT2D eigenvalue weighted by molar-refractivity contribution is 0.0930. The van der Waals surface area contributed by atoms with Crippen molar-refractivity contribution in [2.75, 3.05) is 11.9 Å². The highest BCUT2D eigenvalue weighted by Gasteiger charge is 2.16. The molecule has 0 saturated carbocycles. The van der Waals surface area contributed by atoms with Crippen molar-refractivity contribution >= 4 is 28.8 Å². The summed E-state index contributed by atoms with van der Waals surface area (Å²) in [5.41, 5.74) is 6.39. The lowest BCUT2D eigenvalue weighted by Crippen LogP contribution is -2.37. The minimum Gasteiger partial charge on any atom is -0.396 e. The van der Waals surface area contributed by atoms with Crippen LogP contribution < -0.4 is 10.6 Å². The van der Waals surface area contributed by atoms with Gasteiger partial charge in [0, 0.05) is 42.2 Å². The Morgan fingerprint density at radius 2 is 1.91 bits per heavy atom. The Bertz CT molecular complexity index is 1310. The van der Waals surface area contributed by atoms with Gasteiger partial charge in [-0.3, -0.25) is 4.79 Å². The van der Waals surface area contributed by atoms with E-state index >= 15 is 0 Å². The number of imidazole rings is 1. The second-order valence-electron chi connectivity index (χ2n) is 9.13.